The summed E-state index contributed by atoms with van der Waals surface area (Å²) in [5, 5.41) is 6.56. The molecule has 0 atom stereocenters. The Labute approximate surface area is 155 Å². The first-order valence-electron chi connectivity index (χ1n) is 7.48. The Morgan fingerprint density at radius 2 is 1.76 bits per heavy atom. The Kier molecular flexibility index (Phi) is 5.26. The van der Waals surface area contributed by atoms with Crippen LogP contribution >= 0.6 is 23.2 Å². The number of hydrogen-bond donors (Lipinski definition) is 2. The van der Waals surface area contributed by atoms with E-state index in [4.69, 9.17) is 27.9 Å². The number of benzene rings is 2. The van der Waals surface area contributed by atoms with E-state index in [1.165, 1.54) is 0 Å². The zero-order chi connectivity index (χ0) is 17.8. The van der Waals surface area contributed by atoms with Gasteiger partial charge >= 0.3 is 0 Å². The molecule has 0 aliphatic carbocycles. The van der Waals surface area contributed by atoms with Crippen LogP contribution in [0, 0.1) is 0 Å². The summed E-state index contributed by atoms with van der Waals surface area (Å²) in [6, 6.07) is 12.7. The van der Waals surface area contributed by atoms with Crippen LogP contribution < -0.4 is 15.4 Å². The maximum Gasteiger partial charge on any atom is 0.274 e. The summed E-state index contributed by atoms with van der Waals surface area (Å²) in [6.45, 7) is 0.423. The number of carbonyl (C=O) groups excluding carboxylic acids is 1. The van der Waals surface area contributed by atoms with E-state index < -0.39 is 0 Å². The number of nitrogens with zero attached hydrogens (tertiary/aromatic N) is 1. The van der Waals surface area contributed by atoms with E-state index in [2.05, 4.69) is 15.6 Å². The van der Waals surface area contributed by atoms with Crippen molar-refractivity contribution in [2.45, 2.75) is 6.54 Å². The first-order chi connectivity index (χ1) is 12.1. The van der Waals surface area contributed by atoms with Crippen LogP contribution in [0.3, 0.4) is 0 Å². The van der Waals surface area contributed by atoms with Gasteiger partial charge in [0.15, 0.2) is 0 Å². The minimum absolute atomic E-state index is 0.288. The van der Waals surface area contributed by atoms with Crippen molar-refractivity contribution in [2.24, 2.45) is 4.99 Å². The first kappa shape index (κ1) is 17.3. The summed E-state index contributed by atoms with van der Waals surface area (Å²) in [6.07, 6.45) is 1.61. The zero-order valence-electron chi connectivity index (χ0n) is 13.3. The fourth-order valence-corrected chi connectivity index (χ4v) is 2.77. The number of methoxy groups -OCH3 is 1. The first-order valence-corrected chi connectivity index (χ1v) is 8.24. The van der Waals surface area contributed by atoms with E-state index in [1.54, 1.807) is 31.4 Å². The van der Waals surface area contributed by atoms with E-state index in [9.17, 15) is 4.79 Å². The topological polar surface area (TPSA) is 62.7 Å². The second-order valence-corrected chi connectivity index (χ2v) is 6.10. The standard InChI is InChI=1S/C18H15Cl2N3O2/c1-25-12-7-5-11(6-8-12)10-21-18-22-16(17(24)23-18)9-13-14(19)3-2-4-15(13)20/h2-9H,10H2,1H3,(H2,21,22,23,24)/b16-9+. The number of halogens is 2. The summed E-state index contributed by atoms with van der Waals surface area (Å²) in [5.74, 6) is 0.880. The smallest absolute Gasteiger partial charge is 0.274 e. The molecule has 7 heteroatoms. The number of hydrogen-bond acceptors (Lipinski definition) is 3. The summed E-state index contributed by atoms with van der Waals surface area (Å²) < 4.78 is 5.12. The Morgan fingerprint density at radius 3 is 2.40 bits per heavy atom. The Bertz CT molecular complexity index is 841. The third-order valence-electron chi connectivity index (χ3n) is 3.60. The van der Waals surface area contributed by atoms with Crippen molar-refractivity contribution in [1.29, 1.82) is 0 Å². The van der Waals surface area contributed by atoms with Gasteiger partial charge in [-0.1, -0.05) is 41.4 Å². The Balaban J connectivity index is 1.74. The van der Waals surface area contributed by atoms with Crippen molar-refractivity contribution >= 4 is 41.1 Å². The third kappa shape index (κ3) is 4.13. The van der Waals surface area contributed by atoms with Gasteiger partial charge in [0.2, 0.25) is 5.96 Å². The predicted octanol–water partition coefficient (Wildman–Crippen LogP) is 3.62. The van der Waals surface area contributed by atoms with Crippen LogP contribution in [0.2, 0.25) is 10.0 Å². The summed E-state index contributed by atoms with van der Waals surface area (Å²) >= 11 is 12.3. The van der Waals surface area contributed by atoms with Crippen LogP contribution in [0.15, 0.2) is 53.2 Å². The monoisotopic (exact) mass is 375 g/mol. The minimum atomic E-state index is -0.288. The van der Waals surface area contributed by atoms with Gasteiger partial charge in [-0.25, -0.2) is 4.99 Å². The molecule has 0 aromatic heterocycles. The number of aliphatic imine (C=N–C) groups is 1. The summed E-state index contributed by atoms with van der Waals surface area (Å²) in [4.78, 5) is 16.4. The minimum Gasteiger partial charge on any atom is -0.497 e. The lowest BCUT2D eigenvalue weighted by molar-refractivity contribution is -0.115. The zero-order valence-corrected chi connectivity index (χ0v) is 14.9. The molecule has 1 aliphatic heterocycles. The second-order valence-electron chi connectivity index (χ2n) is 5.29. The number of nitrogens with one attached hydrogen (secondary N) is 2. The number of carbonyl (C=O) groups is 1. The van der Waals surface area contributed by atoms with Gasteiger partial charge in [-0.2, -0.15) is 0 Å². The molecule has 2 aromatic rings. The summed E-state index contributed by atoms with van der Waals surface area (Å²) in [5.41, 5.74) is 1.92. The molecule has 1 aliphatic rings. The molecule has 128 valence electrons. The average Bonchev–Trinajstić information content (AvgIpc) is 2.96. The molecule has 1 saturated heterocycles. The van der Waals surface area contributed by atoms with Gasteiger partial charge in [-0.15, -0.1) is 0 Å². The molecule has 25 heavy (non-hydrogen) atoms. The van der Waals surface area contributed by atoms with Gasteiger partial charge in [-0.3, -0.25) is 10.1 Å². The SMILES string of the molecule is COc1ccc(CN=C2NC(=O)/C(=C\c3c(Cl)cccc3Cl)N2)cc1. The maximum absolute atomic E-state index is 12.1. The highest BCUT2D eigenvalue weighted by atomic mass is 35.5. The van der Waals surface area contributed by atoms with E-state index in [0.717, 1.165) is 11.3 Å². The van der Waals surface area contributed by atoms with Crippen molar-refractivity contribution in [3.8, 4) is 5.75 Å². The molecule has 0 radical (unpaired) electrons. The van der Waals surface area contributed by atoms with Crippen LogP contribution in [0.4, 0.5) is 0 Å². The molecule has 5 nitrogen and oxygen atoms in total. The molecule has 0 spiro atoms. The quantitative estimate of drug-likeness (QED) is 0.802. The molecule has 1 heterocycles. The van der Waals surface area contributed by atoms with E-state index in [1.807, 2.05) is 24.3 Å². The fraction of sp³-hybridized carbons (Fsp3) is 0.111. The van der Waals surface area contributed by atoms with Crippen molar-refractivity contribution in [2.75, 3.05) is 7.11 Å². The summed E-state index contributed by atoms with van der Waals surface area (Å²) in [7, 11) is 1.62. The number of guanidine groups is 1. The molecule has 0 saturated carbocycles. The number of ether oxygens (including phenoxy) is 1. The van der Waals surface area contributed by atoms with Crippen molar-refractivity contribution in [3.05, 3.63) is 69.3 Å². The average molecular weight is 376 g/mol. The molecular formula is C18H15Cl2N3O2. The highest BCUT2D eigenvalue weighted by Gasteiger charge is 2.22. The molecule has 1 fully saturated rings. The Morgan fingerprint density at radius 1 is 1.08 bits per heavy atom. The predicted molar refractivity (Wildman–Crippen MR) is 99.9 cm³/mol. The molecule has 0 unspecified atom stereocenters. The molecule has 2 N–H and O–H groups in total. The van der Waals surface area contributed by atoms with Crippen molar-refractivity contribution < 1.29 is 9.53 Å². The molecule has 2 aromatic carbocycles. The van der Waals surface area contributed by atoms with Gasteiger partial charge in [0.05, 0.1) is 13.7 Å². The van der Waals surface area contributed by atoms with E-state index >= 15 is 0 Å². The second kappa shape index (κ2) is 7.59. The Hall–Kier alpha value is -2.50. The third-order valence-corrected chi connectivity index (χ3v) is 4.26. The normalized spacial score (nSPS) is 16.8. The van der Waals surface area contributed by atoms with E-state index in [-0.39, 0.29) is 5.91 Å². The van der Waals surface area contributed by atoms with Crippen molar-refractivity contribution in [1.82, 2.24) is 10.6 Å². The maximum atomic E-state index is 12.1. The fourth-order valence-electron chi connectivity index (χ4n) is 2.27. The lowest BCUT2D eigenvalue weighted by Gasteiger charge is -2.03. The van der Waals surface area contributed by atoms with Gasteiger partial charge < -0.3 is 10.1 Å². The van der Waals surface area contributed by atoms with Gasteiger partial charge in [0, 0.05) is 15.6 Å². The van der Waals surface area contributed by atoms with Crippen LogP contribution in [0.1, 0.15) is 11.1 Å². The van der Waals surface area contributed by atoms with Crippen molar-refractivity contribution in [3.63, 3.8) is 0 Å². The molecule has 0 bridgehead atoms. The van der Waals surface area contributed by atoms with Crippen LogP contribution in [-0.4, -0.2) is 19.0 Å². The molecule has 1 amide bonds. The largest absolute Gasteiger partial charge is 0.497 e. The van der Waals surface area contributed by atoms with Gasteiger partial charge in [-0.05, 0) is 35.9 Å². The molecule has 3 rings (SSSR count). The lowest BCUT2D eigenvalue weighted by Crippen LogP contribution is -2.25. The number of amides is 1. The van der Waals surface area contributed by atoms with Gasteiger partial charge in [0.1, 0.15) is 11.4 Å². The van der Waals surface area contributed by atoms with Crippen LogP contribution in [0.25, 0.3) is 6.08 Å². The lowest BCUT2D eigenvalue weighted by atomic mass is 10.2. The van der Waals surface area contributed by atoms with Crippen LogP contribution in [-0.2, 0) is 11.3 Å². The van der Waals surface area contributed by atoms with Crippen LogP contribution in [0.5, 0.6) is 5.75 Å². The molecular weight excluding hydrogens is 361 g/mol. The van der Waals surface area contributed by atoms with E-state index in [0.29, 0.717) is 33.8 Å². The highest BCUT2D eigenvalue weighted by Crippen LogP contribution is 2.26. The number of rotatable bonds is 4. The van der Waals surface area contributed by atoms with Gasteiger partial charge in [0.25, 0.3) is 5.91 Å². The highest BCUT2D eigenvalue weighted by molar-refractivity contribution is 6.37.